The van der Waals surface area contributed by atoms with Crippen molar-refractivity contribution in [2.75, 3.05) is 18.5 Å². The molecule has 0 radical (unpaired) electrons. The highest BCUT2D eigenvalue weighted by Crippen LogP contribution is 2.16. The van der Waals surface area contributed by atoms with Crippen molar-refractivity contribution >= 4 is 29.5 Å². The van der Waals surface area contributed by atoms with Crippen LogP contribution in [0.2, 0.25) is 0 Å². The third-order valence-electron chi connectivity index (χ3n) is 3.41. The molecule has 1 aliphatic rings. The smallest absolute Gasteiger partial charge is 0.325 e. The number of amides is 4. The van der Waals surface area contributed by atoms with Gasteiger partial charge in [0.15, 0.2) is 6.61 Å². The summed E-state index contributed by atoms with van der Waals surface area (Å²) in [5, 5.41) is 5.09. The van der Waals surface area contributed by atoms with E-state index < -0.39 is 36.0 Å². The van der Waals surface area contributed by atoms with Gasteiger partial charge in [0.25, 0.3) is 11.8 Å². The second-order valence-electron chi connectivity index (χ2n) is 5.84. The summed E-state index contributed by atoms with van der Waals surface area (Å²) in [5.74, 6) is -1.53. The van der Waals surface area contributed by atoms with E-state index in [1.165, 1.54) is 0 Å². The predicted molar refractivity (Wildman–Crippen MR) is 85.0 cm³/mol. The normalized spacial score (nSPS) is 15.8. The van der Waals surface area contributed by atoms with Gasteiger partial charge in [0.1, 0.15) is 5.54 Å². The van der Waals surface area contributed by atoms with Gasteiger partial charge in [0.05, 0.1) is 6.42 Å². The number of imide groups is 1. The predicted octanol–water partition coefficient (Wildman–Crippen LogP) is 0.889. The molecule has 4 amide bonds. The molecule has 0 unspecified atom stereocenters. The Morgan fingerprint density at radius 1 is 1.21 bits per heavy atom. The number of benzene rings is 1. The minimum atomic E-state index is -0.976. The van der Waals surface area contributed by atoms with E-state index in [0.717, 1.165) is 4.90 Å². The second kappa shape index (κ2) is 7.12. The molecule has 24 heavy (non-hydrogen) atoms. The van der Waals surface area contributed by atoms with Crippen LogP contribution in [0.4, 0.5) is 10.5 Å². The van der Waals surface area contributed by atoms with Crippen molar-refractivity contribution in [3.8, 4) is 0 Å². The monoisotopic (exact) mass is 333 g/mol. The summed E-state index contributed by atoms with van der Waals surface area (Å²) in [6.07, 6.45) is -0.173. The Labute approximate surface area is 139 Å². The lowest BCUT2D eigenvalue weighted by molar-refractivity contribution is -0.147. The number of nitrogens with zero attached hydrogens (tertiary/aromatic N) is 1. The average Bonchev–Trinajstić information content (AvgIpc) is 2.72. The van der Waals surface area contributed by atoms with Crippen molar-refractivity contribution in [3.05, 3.63) is 30.3 Å². The zero-order valence-electron chi connectivity index (χ0n) is 13.5. The molecule has 1 fully saturated rings. The summed E-state index contributed by atoms with van der Waals surface area (Å²) in [5.41, 5.74) is -0.378. The molecule has 1 aromatic rings. The van der Waals surface area contributed by atoms with E-state index in [-0.39, 0.29) is 13.0 Å². The quantitative estimate of drug-likeness (QED) is 0.594. The molecule has 0 spiro atoms. The van der Waals surface area contributed by atoms with Gasteiger partial charge in [-0.2, -0.15) is 0 Å². The minimum absolute atomic E-state index is 0.0900. The fourth-order valence-electron chi connectivity index (χ4n) is 2.16. The van der Waals surface area contributed by atoms with Crippen molar-refractivity contribution in [3.63, 3.8) is 0 Å². The Bertz CT molecular complexity index is 657. The molecule has 8 heteroatoms. The van der Waals surface area contributed by atoms with Crippen LogP contribution < -0.4 is 10.6 Å². The lowest BCUT2D eigenvalue weighted by Crippen LogP contribution is -2.40. The van der Waals surface area contributed by atoms with Crippen LogP contribution in [-0.4, -0.2) is 47.4 Å². The van der Waals surface area contributed by atoms with Gasteiger partial charge in [0, 0.05) is 12.2 Å². The lowest BCUT2D eigenvalue weighted by Gasteiger charge is -2.15. The third-order valence-corrected chi connectivity index (χ3v) is 3.41. The number of rotatable bonds is 6. The summed E-state index contributed by atoms with van der Waals surface area (Å²) in [6.45, 7) is 2.64. The number of nitrogens with one attached hydrogen (secondary N) is 2. The minimum Gasteiger partial charge on any atom is -0.456 e. The van der Waals surface area contributed by atoms with E-state index in [4.69, 9.17) is 4.74 Å². The van der Waals surface area contributed by atoms with Gasteiger partial charge in [-0.05, 0) is 26.0 Å². The first-order valence-corrected chi connectivity index (χ1v) is 7.44. The number of ether oxygens (including phenoxy) is 1. The summed E-state index contributed by atoms with van der Waals surface area (Å²) in [4.78, 5) is 47.9. The van der Waals surface area contributed by atoms with E-state index in [1.54, 1.807) is 38.1 Å². The summed E-state index contributed by atoms with van der Waals surface area (Å²) >= 11 is 0. The maximum Gasteiger partial charge on any atom is 0.325 e. The van der Waals surface area contributed by atoms with Crippen molar-refractivity contribution in [2.45, 2.75) is 25.8 Å². The number of urea groups is 1. The molecule has 2 N–H and O–H groups in total. The number of para-hydroxylation sites is 1. The highest BCUT2D eigenvalue weighted by molar-refractivity contribution is 6.06. The summed E-state index contributed by atoms with van der Waals surface area (Å²) in [7, 11) is 0. The van der Waals surface area contributed by atoms with Crippen LogP contribution in [0.1, 0.15) is 20.3 Å². The van der Waals surface area contributed by atoms with Gasteiger partial charge in [0.2, 0.25) is 0 Å². The van der Waals surface area contributed by atoms with Crippen LogP contribution >= 0.6 is 0 Å². The van der Waals surface area contributed by atoms with Crippen LogP contribution in [-0.2, 0) is 19.1 Å². The highest BCUT2D eigenvalue weighted by Gasteiger charge is 2.44. The largest absolute Gasteiger partial charge is 0.456 e. The molecular weight excluding hydrogens is 314 g/mol. The Kier molecular flexibility index (Phi) is 5.18. The van der Waals surface area contributed by atoms with E-state index in [2.05, 4.69) is 10.6 Å². The van der Waals surface area contributed by atoms with Crippen LogP contribution in [0.25, 0.3) is 0 Å². The van der Waals surface area contributed by atoms with Crippen molar-refractivity contribution in [1.29, 1.82) is 0 Å². The zero-order valence-corrected chi connectivity index (χ0v) is 13.5. The number of carbonyl (C=O) groups excluding carboxylic acids is 4. The first-order valence-electron chi connectivity index (χ1n) is 7.44. The Hall–Kier alpha value is -2.90. The van der Waals surface area contributed by atoms with Gasteiger partial charge in [-0.25, -0.2) is 4.79 Å². The van der Waals surface area contributed by atoms with Gasteiger partial charge in [-0.1, -0.05) is 18.2 Å². The van der Waals surface area contributed by atoms with Crippen LogP contribution in [0.15, 0.2) is 30.3 Å². The molecule has 8 nitrogen and oxygen atoms in total. The molecule has 0 atom stereocenters. The molecule has 1 saturated heterocycles. The SMILES string of the molecule is CC1(C)NC(=O)N(CCC(=O)OCC(=O)Nc2ccccc2)C1=O. The molecule has 0 aliphatic carbocycles. The second-order valence-corrected chi connectivity index (χ2v) is 5.84. The van der Waals surface area contributed by atoms with E-state index in [0.29, 0.717) is 5.69 Å². The van der Waals surface area contributed by atoms with Crippen molar-refractivity contribution in [2.24, 2.45) is 0 Å². The number of carbonyl (C=O) groups is 4. The van der Waals surface area contributed by atoms with Gasteiger partial charge < -0.3 is 15.4 Å². The molecular formula is C16H19N3O5. The Morgan fingerprint density at radius 2 is 1.88 bits per heavy atom. The number of anilines is 1. The van der Waals surface area contributed by atoms with E-state index in [1.807, 2.05) is 6.07 Å². The molecule has 0 saturated carbocycles. The number of hydrogen-bond donors (Lipinski definition) is 2. The number of esters is 1. The first kappa shape index (κ1) is 17.5. The Morgan fingerprint density at radius 3 is 2.46 bits per heavy atom. The van der Waals surface area contributed by atoms with Crippen molar-refractivity contribution < 1.29 is 23.9 Å². The first-order chi connectivity index (χ1) is 11.3. The van der Waals surface area contributed by atoms with E-state index >= 15 is 0 Å². The highest BCUT2D eigenvalue weighted by atomic mass is 16.5. The average molecular weight is 333 g/mol. The molecule has 1 aromatic carbocycles. The van der Waals surface area contributed by atoms with Crippen LogP contribution in [0.5, 0.6) is 0 Å². The van der Waals surface area contributed by atoms with Crippen LogP contribution in [0, 0.1) is 0 Å². The fourth-order valence-corrected chi connectivity index (χ4v) is 2.16. The van der Waals surface area contributed by atoms with Gasteiger partial charge in [-0.3, -0.25) is 19.3 Å². The molecule has 0 aromatic heterocycles. The van der Waals surface area contributed by atoms with Gasteiger partial charge >= 0.3 is 12.0 Å². The zero-order chi connectivity index (χ0) is 17.7. The Balaban J connectivity index is 1.73. The number of hydrogen-bond acceptors (Lipinski definition) is 5. The molecule has 0 bridgehead atoms. The fraction of sp³-hybridized carbons (Fsp3) is 0.375. The molecule has 1 heterocycles. The standard InChI is InChI=1S/C16H19N3O5/c1-16(2)14(22)19(15(23)18-16)9-8-13(21)24-10-12(20)17-11-6-4-3-5-7-11/h3-7H,8-10H2,1-2H3,(H,17,20)(H,18,23). The van der Waals surface area contributed by atoms with Gasteiger partial charge in [-0.15, -0.1) is 0 Å². The lowest BCUT2D eigenvalue weighted by atomic mass is 10.1. The topological polar surface area (TPSA) is 105 Å². The van der Waals surface area contributed by atoms with Crippen molar-refractivity contribution in [1.82, 2.24) is 10.2 Å². The molecule has 128 valence electrons. The van der Waals surface area contributed by atoms with E-state index in [9.17, 15) is 19.2 Å². The third kappa shape index (κ3) is 4.31. The maximum atomic E-state index is 11.9. The molecule has 1 aliphatic heterocycles. The summed E-state index contributed by atoms with van der Waals surface area (Å²) < 4.78 is 4.84. The summed E-state index contributed by atoms with van der Waals surface area (Å²) in [6, 6.07) is 8.22. The maximum absolute atomic E-state index is 11.9. The molecule has 2 rings (SSSR count). The van der Waals surface area contributed by atoms with Crippen LogP contribution in [0.3, 0.4) is 0 Å².